The Labute approximate surface area is 182 Å². The Morgan fingerprint density at radius 3 is 2.40 bits per heavy atom. The number of amides is 1. The van der Waals surface area contributed by atoms with E-state index in [2.05, 4.69) is 4.90 Å². The average molecular weight is 427 g/mol. The van der Waals surface area contributed by atoms with E-state index in [4.69, 9.17) is 16.3 Å². The molecule has 158 valence electrons. The molecule has 2 fully saturated rings. The van der Waals surface area contributed by atoms with Gasteiger partial charge in [-0.25, -0.2) is 0 Å². The SMILES string of the molecule is COC(=O)C1CC(=O)N(Cc2ccccc2)C12CCN(Cc1ccccc1Cl)CC2. The normalized spacial score (nSPS) is 21.2. The molecule has 0 aliphatic carbocycles. The number of methoxy groups -OCH3 is 1. The Morgan fingerprint density at radius 1 is 1.07 bits per heavy atom. The van der Waals surface area contributed by atoms with Gasteiger partial charge in [-0.15, -0.1) is 0 Å². The van der Waals surface area contributed by atoms with Crippen LogP contribution in [0, 0.1) is 5.92 Å². The van der Waals surface area contributed by atoms with Crippen LogP contribution in [-0.2, 0) is 27.4 Å². The van der Waals surface area contributed by atoms with Gasteiger partial charge in [0.2, 0.25) is 5.91 Å². The van der Waals surface area contributed by atoms with Crippen LogP contribution in [0.3, 0.4) is 0 Å². The van der Waals surface area contributed by atoms with E-state index in [0.29, 0.717) is 6.54 Å². The van der Waals surface area contributed by atoms with Gasteiger partial charge in [0.05, 0.1) is 18.6 Å². The summed E-state index contributed by atoms with van der Waals surface area (Å²) in [6, 6.07) is 17.9. The fourth-order valence-corrected chi connectivity index (χ4v) is 5.15. The Hall–Kier alpha value is -2.37. The van der Waals surface area contributed by atoms with Crippen molar-refractivity contribution in [2.24, 2.45) is 5.92 Å². The third-order valence-corrected chi connectivity index (χ3v) is 6.98. The maximum atomic E-state index is 13.0. The minimum Gasteiger partial charge on any atom is -0.469 e. The lowest BCUT2D eigenvalue weighted by molar-refractivity contribution is -0.150. The summed E-state index contributed by atoms with van der Waals surface area (Å²) in [5, 5.41) is 0.770. The zero-order valence-corrected chi connectivity index (χ0v) is 18.0. The van der Waals surface area contributed by atoms with Gasteiger partial charge < -0.3 is 9.64 Å². The number of carbonyl (C=O) groups is 2. The molecule has 0 N–H and O–H groups in total. The highest BCUT2D eigenvalue weighted by Gasteiger charge is 2.56. The molecular weight excluding hydrogens is 400 g/mol. The number of hydrogen-bond acceptors (Lipinski definition) is 4. The van der Waals surface area contributed by atoms with Crippen LogP contribution in [0.5, 0.6) is 0 Å². The van der Waals surface area contributed by atoms with Crippen LogP contribution < -0.4 is 0 Å². The molecule has 30 heavy (non-hydrogen) atoms. The molecule has 1 unspecified atom stereocenters. The van der Waals surface area contributed by atoms with Gasteiger partial charge >= 0.3 is 5.97 Å². The lowest BCUT2D eigenvalue weighted by atomic mass is 9.76. The largest absolute Gasteiger partial charge is 0.469 e. The summed E-state index contributed by atoms with van der Waals surface area (Å²) < 4.78 is 5.10. The third kappa shape index (κ3) is 3.96. The molecule has 0 bridgehead atoms. The summed E-state index contributed by atoms with van der Waals surface area (Å²) in [6.07, 6.45) is 1.72. The van der Waals surface area contributed by atoms with Gasteiger partial charge in [0.1, 0.15) is 0 Å². The van der Waals surface area contributed by atoms with Gasteiger partial charge in [0.15, 0.2) is 0 Å². The number of esters is 1. The topological polar surface area (TPSA) is 49.9 Å². The Kier molecular flexibility index (Phi) is 6.11. The Morgan fingerprint density at radius 2 is 1.73 bits per heavy atom. The summed E-state index contributed by atoms with van der Waals surface area (Å²) >= 11 is 6.34. The molecule has 1 amide bonds. The zero-order chi connectivity index (χ0) is 21.1. The van der Waals surface area contributed by atoms with Crippen molar-refractivity contribution < 1.29 is 14.3 Å². The van der Waals surface area contributed by atoms with Crippen molar-refractivity contribution in [3.8, 4) is 0 Å². The molecule has 2 aromatic carbocycles. The Balaban J connectivity index is 1.55. The molecule has 5 nitrogen and oxygen atoms in total. The standard InChI is InChI=1S/C24H27ClN2O3/c1-30-23(29)20-15-22(28)27(16-18-7-3-2-4-8-18)24(20)11-13-26(14-12-24)17-19-9-5-6-10-21(19)25/h2-10,20H,11-17H2,1H3. The van der Waals surface area contributed by atoms with Gasteiger partial charge in [0.25, 0.3) is 0 Å². The van der Waals surface area contributed by atoms with Gasteiger partial charge in [-0.1, -0.05) is 60.1 Å². The van der Waals surface area contributed by atoms with Crippen LogP contribution in [0.4, 0.5) is 0 Å². The maximum Gasteiger partial charge on any atom is 0.311 e. The van der Waals surface area contributed by atoms with E-state index in [1.165, 1.54) is 7.11 Å². The first-order valence-corrected chi connectivity index (χ1v) is 10.8. The van der Waals surface area contributed by atoms with Crippen molar-refractivity contribution >= 4 is 23.5 Å². The van der Waals surface area contributed by atoms with Crippen LogP contribution in [0.2, 0.25) is 5.02 Å². The van der Waals surface area contributed by atoms with E-state index in [-0.39, 0.29) is 18.3 Å². The van der Waals surface area contributed by atoms with Crippen molar-refractivity contribution in [3.05, 3.63) is 70.7 Å². The third-order valence-electron chi connectivity index (χ3n) is 6.61. The molecule has 1 atom stereocenters. The molecule has 2 aromatic rings. The number of likely N-dealkylation sites (tertiary alicyclic amines) is 2. The highest BCUT2D eigenvalue weighted by atomic mass is 35.5. The first-order chi connectivity index (χ1) is 14.5. The number of ether oxygens (including phenoxy) is 1. The van der Waals surface area contributed by atoms with Crippen molar-refractivity contribution in [1.82, 2.24) is 9.80 Å². The van der Waals surface area contributed by atoms with E-state index in [1.54, 1.807) is 0 Å². The molecule has 2 aliphatic heterocycles. The van der Waals surface area contributed by atoms with Crippen molar-refractivity contribution in [2.45, 2.75) is 37.9 Å². The molecule has 2 aliphatic rings. The van der Waals surface area contributed by atoms with Crippen molar-refractivity contribution in [1.29, 1.82) is 0 Å². The Bertz CT molecular complexity index is 910. The number of rotatable bonds is 5. The zero-order valence-electron chi connectivity index (χ0n) is 17.2. The number of benzene rings is 2. The highest BCUT2D eigenvalue weighted by Crippen LogP contribution is 2.45. The van der Waals surface area contributed by atoms with E-state index < -0.39 is 11.5 Å². The lowest BCUT2D eigenvalue weighted by Gasteiger charge is -2.47. The summed E-state index contributed by atoms with van der Waals surface area (Å²) in [5.74, 6) is -0.659. The first-order valence-electron chi connectivity index (χ1n) is 10.4. The second kappa shape index (κ2) is 8.78. The van der Waals surface area contributed by atoms with E-state index in [1.807, 2.05) is 59.5 Å². The van der Waals surface area contributed by atoms with Crippen molar-refractivity contribution in [2.75, 3.05) is 20.2 Å². The van der Waals surface area contributed by atoms with Crippen LogP contribution in [0.15, 0.2) is 54.6 Å². The molecule has 2 saturated heterocycles. The minimum atomic E-state index is -0.489. The molecule has 6 heteroatoms. The summed E-state index contributed by atoms with van der Waals surface area (Å²) in [5.41, 5.74) is 1.69. The molecule has 4 rings (SSSR count). The van der Waals surface area contributed by atoms with E-state index in [0.717, 1.165) is 48.6 Å². The molecular formula is C24H27ClN2O3. The van der Waals surface area contributed by atoms with Crippen LogP contribution in [-0.4, -0.2) is 47.4 Å². The molecule has 0 radical (unpaired) electrons. The number of carbonyl (C=O) groups excluding carboxylic acids is 2. The predicted octanol–water partition coefficient (Wildman–Crippen LogP) is 3.90. The van der Waals surface area contributed by atoms with Crippen LogP contribution in [0.25, 0.3) is 0 Å². The maximum absolute atomic E-state index is 13.0. The highest BCUT2D eigenvalue weighted by molar-refractivity contribution is 6.31. The number of piperidine rings is 1. The molecule has 2 heterocycles. The second-order valence-electron chi connectivity index (χ2n) is 8.22. The van der Waals surface area contributed by atoms with Crippen molar-refractivity contribution in [3.63, 3.8) is 0 Å². The lowest BCUT2D eigenvalue weighted by Crippen LogP contribution is -2.57. The van der Waals surface area contributed by atoms with Gasteiger partial charge in [-0.05, 0) is 30.0 Å². The number of nitrogens with zero attached hydrogens (tertiary/aromatic N) is 2. The first kappa shape index (κ1) is 20.9. The van der Waals surface area contributed by atoms with Gasteiger partial charge in [-0.3, -0.25) is 14.5 Å². The van der Waals surface area contributed by atoms with Crippen LogP contribution in [0.1, 0.15) is 30.4 Å². The average Bonchev–Trinajstić information content (AvgIpc) is 3.03. The summed E-state index contributed by atoms with van der Waals surface area (Å²) in [6.45, 7) is 2.90. The van der Waals surface area contributed by atoms with E-state index >= 15 is 0 Å². The fraction of sp³-hybridized carbons (Fsp3) is 0.417. The molecule has 0 saturated carbocycles. The smallest absolute Gasteiger partial charge is 0.311 e. The molecule has 1 spiro atoms. The quantitative estimate of drug-likeness (QED) is 0.680. The summed E-state index contributed by atoms with van der Waals surface area (Å²) in [7, 11) is 1.41. The molecule has 0 aromatic heterocycles. The van der Waals surface area contributed by atoms with Crippen LogP contribution >= 0.6 is 11.6 Å². The number of hydrogen-bond donors (Lipinski definition) is 0. The second-order valence-corrected chi connectivity index (χ2v) is 8.62. The fourth-order valence-electron chi connectivity index (χ4n) is 4.95. The minimum absolute atomic E-state index is 0.0359. The summed E-state index contributed by atoms with van der Waals surface area (Å²) in [4.78, 5) is 29.9. The van der Waals surface area contributed by atoms with Gasteiger partial charge in [-0.2, -0.15) is 0 Å². The van der Waals surface area contributed by atoms with Gasteiger partial charge in [0, 0.05) is 37.6 Å². The monoisotopic (exact) mass is 426 g/mol. The number of halogens is 1. The van der Waals surface area contributed by atoms with E-state index in [9.17, 15) is 9.59 Å². The predicted molar refractivity (Wildman–Crippen MR) is 116 cm³/mol.